The van der Waals surface area contributed by atoms with Gasteiger partial charge in [-0.2, -0.15) is 0 Å². The number of carbonyl (C=O) groups excluding carboxylic acids is 4. The molecule has 11 nitrogen and oxygen atoms in total. The molecular formula is C35H45N5O6. The molecule has 4 N–H and O–H groups in total. The fourth-order valence-corrected chi connectivity index (χ4v) is 6.67. The van der Waals surface area contributed by atoms with Crippen molar-refractivity contribution >= 4 is 34.5 Å². The van der Waals surface area contributed by atoms with Gasteiger partial charge in [-0.1, -0.05) is 45.0 Å². The Kier molecular flexibility index (Phi) is 10.2. The SMILES string of the molecule is COc1cccc(C(=O)N[C@@H]2C[C@H]3C(=O)N[C@H](C(C)C)CC[C@@H](C)CC(=O)N[C@H](Cc4c[nH]c5ccccc45)C(=O)N3C2)c1OC. The zero-order chi connectivity index (χ0) is 33.0. The van der Waals surface area contributed by atoms with Gasteiger partial charge < -0.3 is 35.3 Å². The molecule has 2 aliphatic heterocycles. The molecule has 0 radical (unpaired) electrons. The van der Waals surface area contributed by atoms with Crippen molar-refractivity contribution in [2.24, 2.45) is 11.8 Å². The molecule has 4 amide bonds. The Hall–Kier alpha value is -4.54. The van der Waals surface area contributed by atoms with E-state index in [1.54, 1.807) is 18.2 Å². The highest BCUT2D eigenvalue weighted by Crippen LogP contribution is 2.31. The molecule has 46 heavy (non-hydrogen) atoms. The number of fused-ring (bicyclic) bond motifs is 2. The topological polar surface area (TPSA) is 142 Å². The minimum atomic E-state index is -0.899. The summed E-state index contributed by atoms with van der Waals surface area (Å²) >= 11 is 0. The molecule has 1 aromatic heterocycles. The molecule has 2 aliphatic rings. The van der Waals surface area contributed by atoms with Crippen molar-refractivity contribution in [2.75, 3.05) is 20.8 Å². The van der Waals surface area contributed by atoms with E-state index in [4.69, 9.17) is 9.47 Å². The van der Waals surface area contributed by atoms with Crippen LogP contribution in [0.2, 0.25) is 0 Å². The van der Waals surface area contributed by atoms with Gasteiger partial charge in [-0.3, -0.25) is 19.2 Å². The minimum Gasteiger partial charge on any atom is -0.493 e. The molecule has 0 saturated carbocycles. The lowest BCUT2D eigenvalue weighted by Crippen LogP contribution is -2.55. The van der Waals surface area contributed by atoms with Crippen molar-refractivity contribution in [3.05, 3.63) is 59.8 Å². The second kappa shape index (κ2) is 14.3. The first-order valence-electron chi connectivity index (χ1n) is 16.1. The number of benzene rings is 2. The summed E-state index contributed by atoms with van der Waals surface area (Å²) in [4.78, 5) is 60.0. The van der Waals surface area contributed by atoms with Crippen molar-refractivity contribution in [1.29, 1.82) is 0 Å². The minimum absolute atomic E-state index is 0.0794. The fraction of sp³-hybridized carbons (Fsp3) is 0.486. The van der Waals surface area contributed by atoms with Crippen LogP contribution in [0.1, 0.15) is 62.4 Å². The fourth-order valence-electron chi connectivity index (χ4n) is 6.67. The summed E-state index contributed by atoms with van der Waals surface area (Å²) < 4.78 is 10.8. The number of aromatic nitrogens is 1. The van der Waals surface area contributed by atoms with Gasteiger partial charge in [0, 0.05) is 48.6 Å². The lowest BCUT2D eigenvalue weighted by Gasteiger charge is -2.30. The summed E-state index contributed by atoms with van der Waals surface area (Å²) in [5, 5.41) is 10.2. The van der Waals surface area contributed by atoms with Crippen LogP contribution >= 0.6 is 0 Å². The van der Waals surface area contributed by atoms with Crippen LogP contribution in [0.25, 0.3) is 10.9 Å². The maximum atomic E-state index is 14.4. The van der Waals surface area contributed by atoms with E-state index in [0.29, 0.717) is 17.9 Å². The average molecular weight is 632 g/mol. The molecule has 3 heterocycles. The second-order valence-electron chi connectivity index (χ2n) is 12.9. The van der Waals surface area contributed by atoms with Gasteiger partial charge in [0.2, 0.25) is 17.7 Å². The molecule has 0 unspecified atom stereocenters. The van der Waals surface area contributed by atoms with Crippen LogP contribution in [-0.2, 0) is 20.8 Å². The van der Waals surface area contributed by atoms with E-state index in [2.05, 4.69) is 34.8 Å². The Morgan fingerprint density at radius 1 is 1.02 bits per heavy atom. The van der Waals surface area contributed by atoms with Crippen LogP contribution in [0, 0.1) is 11.8 Å². The molecule has 2 fully saturated rings. The van der Waals surface area contributed by atoms with Crippen molar-refractivity contribution in [1.82, 2.24) is 25.8 Å². The first-order valence-corrected chi connectivity index (χ1v) is 16.1. The molecule has 3 aromatic rings. The zero-order valence-corrected chi connectivity index (χ0v) is 27.2. The van der Waals surface area contributed by atoms with Gasteiger partial charge in [0.25, 0.3) is 5.91 Å². The number of nitrogens with zero attached hydrogens (tertiary/aromatic N) is 1. The number of carbonyl (C=O) groups is 4. The third kappa shape index (κ3) is 7.13. The van der Waals surface area contributed by atoms with Crippen LogP contribution in [0.3, 0.4) is 0 Å². The number of para-hydroxylation sites is 2. The second-order valence-corrected chi connectivity index (χ2v) is 12.9. The standard InChI is InChI=1S/C35H45N5O6/c1-20(2)26-14-13-21(3)15-31(41)38-28(16-22-18-36-27-11-7-6-9-24(22)27)35(44)40-19-23(17-29(40)34(43)39-26)37-33(42)25-10-8-12-30(45-4)32(25)46-5/h6-12,18,20-21,23,26,28-29,36H,13-17,19H2,1-5H3,(H,37,42)(H,38,41)(H,39,43)/t21-,23-,26+,28-,29+/m1/s1. The van der Waals surface area contributed by atoms with E-state index in [0.717, 1.165) is 22.9 Å². The first kappa shape index (κ1) is 32.8. The first-order chi connectivity index (χ1) is 22.1. The number of nitrogens with one attached hydrogen (secondary N) is 4. The van der Waals surface area contributed by atoms with Crippen LogP contribution in [0.5, 0.6) is 11.5 Å². The molecule has 0 bridgehead atoms. The van der Waals surface area contributed by atoms with E-state index in [1.165, 1.54) is 19.1 Å². The lowest BCUT2D eigenvalue weighted by atomic mass is 9.92. The molecule has 2 saturated heterocycles. The molecule has 0 aliphatic carbocycles. The van der Waals surface area contributed by atoms with Crippen molar-refractivity contribution in [2.45, 2.75) is 77.0 Å². The monoisotopic (exact) mass is 631 g/mol. The van der Waals surface area contributed by atoms with E-state index in [9.17, 15) is 19.2 Å². The summed E-state index contributed by atoms with van der Waals surface area (Å²) in [6, 6.07) is 10.5. The number of aromatic amines is 1. The molecule has 0 spiro atoms. The maximum Gasteiger partial charge on any atom is 0.255 e. The van der Waals surface area contributed by atoms with Crippen molar-refractivity contribution in [3.63, 3.8) is 0 Å². The number of methoxy groups -OCH3 is 2. The van der Waals surface area contributed by atoms with Crippen LogP contribution in [-0.4, -0.2) is 78.4 Å². The Balaban J connectivity index is 1.46. The lowest BCUT2D eigenvalue weighted by molar-refractivity contribution is -0.141. The van der Waals surface area contributed by atoms with Gasteiger partial charge in [0.05, 0.1) is 19.8 Å². The molecule has 5 rings (SSSR count). The average Bonchev–Trinajstić information content (AvgIpc) is 3.65. The van der Waals surface area contributed by atoms with Crippen LogP contribution in [0.15, 0.2) is 48.7 Å². The van der Waals surface area contributed by atoms with Crippen LogP contribution in [0.4, 0.5) is 0 Å². The largest absolute Gasteiger partial charge is 0.493 e. The highest BCUT2D eigenvalue weighted by Gasteiger charge is 2.43. The van der Waals surface area contributed by atoms with Gasteiger partial charge in [-0.05, 0) is 54.9 Å². The summed E-state index contributed by atoms with van der Waals surface area (Å²) in [6.45, 7) is 6.25. The summed E-state index contributed by atoms with van der Waals surface area (Å²) in [5.41, 5.74) is 2.11. The van der Waals surface area contributed by atoms with Gasteiger partial charge in [-0.15, -0.1) is 0 Å². The number of hydrogen-bond acceptors (Lipinski definition) is 6. The summed E-state index contributed by atoms with van der Waals surface area (Å²) in [5.74, 6) is -0.261. The zero-order valence-electron chi connectivity index (χ0n) is 27.2. The number of H-pyrrole nitrogens is 1. The third-order valence-corrected chi connectivity index (χ3v) is 9.24. The highest BCUT2D eigenvalue weighted by molar-refractivity contribution is 5.98. The molecular weight excluding hydrogens is 586 g/mol. The van der Waals surface area contributed by atoms with E-state index < -0.39 is 24.0 Å². The molecule has 246 valence electrons. The summed E-state index contributed by atoms with van der Waals surface area (Å²) in [7, 11) is 2.96. The highest BCUT2D eigenvalue weighted by atomic mass is 16.5. The van der Waals surface area contributed by atoms with Gasteiger partial charge in [-0.25, -0.2) is 0 Å². The number of ether oxygens (including phenoxy) is 2. The Bertz CT molecular complexity index is 1580. The Labute approximate surface area is 269 Å². The van der Waals surface area contributed by atoms with Gasteiger partial charge >= 0.3 is 0 Å². The van der Waals surface area contributed by atoms with Crippen molar-refractivity contribution in [3.8, 4) is 11.5 Å². The predicted molar refractivity (Wildman–Crippen MR) is 175 cm³/mol. The molecule has 11 heteroatoms. The van der Waals surface area contributed by atoms with Gasteiger partial charge in [0.15, 0.2) is 11.5 Å². The van der Waals surface area contributed by atoms with E-state index >= 15 is 0 Å². The Morgan fingerprint density at radius 3 is 2.54 bits per heavy atom. The van der Waals surface area contributed by atoms with Crippen molar-refractivity contribution < 1.29 is 28.7 Å². The number of rotatable bonds is 7. The van der Waals surface area contributed by atoms with E-state index in [1.807, 2.05) is 37.4 Å². The van der Waals surface area contributed by atoms with Gasteiger partial charge in [0.1, 0.15) is 12.1 Å². The number of hydrogen-bond donors (Lipinski definition) is 4. The molecule has 2 aromatic carbocycles. The maximum absolute atomic E-state index is 14.4. The Morgan fingerprint density at radius 2 is 1.80 bits per heavy atom. The third-order valence-electron chi connectivity index (χ3n) is 9.24. The summed E-state index contributed by atoms with van der Waals surface area (Å²) in [6.07, 6.45) is 4.09. The predicted octanol–water partition coefficient (Wildman–Crippen LogP) is 3.57. The number of amides is 4. The smallest absolute Gasteiger partial charge is 0.255 e. The van der Waals surface area contributed by atoms with Crippen LogP contribution < -0.4 is 25.4 Å². The molecule has 5 atom stereocenters. The normalized spacial score (nSPS) is 24.3. The quantitative estimate of drug-likeness (QED) is 0.314. The van der Waals surface area contributed by atoms with E-state index in [-0.39, 0.29) is 67.0 Å².